The van der Waals surface area contributed by atoms with Crippen LogP contribution >= 0.6 is 0 Å². The molecule has 0 aliphatic carbocycles. The van der Waals surface area contributed by atoms with Gasteiger partial charge in [-0.05, 0) is 32.1 Å². The Morgan fingerprint density at radius 2 is 1.41 bits per heavy atom. The molecule has 27 heavy (non-hydrogen) atoms. The van der Waals surface area contributed by atoms with Gasteiger partial charge in [-0.1, -0.05) is 64.0 Å². The first-order valence-electron chi connectivity index (χ1n) is 10.4. The average Bonchev–Trinajstić information content (AvgIpc) is 2.66. The molecule has 0 radical (unpaired) electrons. The van der Waals surface area contributed by atoms with Crippen molar-refractivity contribution in [1.29, 1.82) is 0 Å². The van der Waals surface area contributed by atoms with Crippen LogP contribution in [0.1, 0.15) is 90.4 Å². The molecule has 1 unspecified atom stereocenters. The Kier molecular flexibility index (Phi) is 24.2. The molecule has 0 rings (SSSR count). The Hall–Kier alpha value is -0.950. The number of rotatable bonds is 17. The van der Waals surface area contributed by atoms with Crippen molar-refractivity contribution < 1.29 is 30.3 Å². The standard InChI is InChI=1S/C18H34O3.C3H8O3/c1-2-3-4-11-14-17(19)15-12-9-7-5-6-8-10-13-16-18(20)21;4-1-3(6)2-5/h9,12,17,19H,2-8,10-11,13-16H2,1H3,(H,20,21);3-6H,1-2H2/b12-9-;. The highest BCUT2D eigenvalue weighted by Gasteiger charge is 2.00. The Balaban J connectivity index is 0. The summed E-state index contributed by atoms with van der Waals surface area (Å²) in [6, 6.07) is 0. The van der Waals surface area contributed by atoms with Gasteiger partial charge in [0.1, 0.15) is 6.10 Å². The van der Waals surface area contributed by atoms with Crippen molar-refractivity contribution in [1.82, 2.24) is 0 Å². The lowest BCUT2D eigenvalue weighted by molar-refractivity contribution is -0.137. The summed E-state index contributed by atoms with van der Waals surface area (Å²) in [5.41, 5.74) is 0. The predicted molar refractivity (Wildman–Crippen MR) is 109 cm³/mol. The van der Waals surface area contributed by atoms with E-state index in [1.54, 1.807) is 0 Å². The van der Waals surface area contributed by atoms with Crippen LogP contribution in [0.25, 0.3) is 0 Å². The molecule has 0 amide bonds. The van der Waals surface area contributed by atoms with Crippen LogP contribution in [0.2, 0.25) is 0 Å². The van der Waals surface area contributed by atoms with Gasteiger partial charge < -0.3 is 25.5 Å². The van der Waals surface area contributed by atoms with Gasteiger partial charge in [0, 0.05) is 6.42 Å². The molecule has 0 aliphatic rings. The second kappa shape index (κ2) is 23.1. The molecule has 0 aromatic heterocycles. The first kappa shape index (κ1) is 28.3. The van der Waals surface area contributed by atoms with Crippen LogP contribution in [0.15, 0.2) is 12.2 Å². The fourth-order valence-corrected chi connectivity index (χ4v) is 2.42. The predicted octanol–water partition coefficient (Wildman–Crippen LogP) is 3.41. The van der Waals surface area contributed by atoms with Crippen LogP contribution in [0, 0.1) is 0 Å². The molecule has 0 aromatic carbocycles. The molecule has 6 nitrogen and oxygen atoms in total. The van der Waals surface area contributed by atoms with Gasteiger partial charge in [0.05, 0.1) is 19.3 Å². The molecule has 6 heteroatoms. The number of hydrogen-bond acceptors (Lipinski definition) is 5. The topological polar surface area (TPSA) is 118 Å². The number of carbonyl (C=O) groups is 1. The van der Waals surface area contributed by atoms with Crippen molar-refractivity contribution in [3.63, 3.8) is 0 Å². The minimum Gasteiger partial charge on any atom is -0.481 e. The van der Waals surface area contributed by atoms with Crippen molar-refractivity contribution in [3.05, 3.63) is 12.2 Å². The van der Waals surface area contributed by atoms with Gasteiger partial charge in [0.15, 0.2) is 0 Å². The van der Waals surface area contributed by atoms with Gasteiger partial charge in [0.2, 0.25) is 0 Å². The smallest absolute Gasteiger partial charge is 0.303 e. The van der Waals surface area contributed by atoms with Crippen molar-refractivity contribution in [2.45, 2.75) is 103 Å². The monoisotopic (exact) mass is 390 g/mol. The molecule has 0 aromatic rings. The van der Waals surface area contributed by atoms with E-state index in [9.17, 15) is 9.90 Å². The molecule has 0 saturated carbocycles. The van der Waals surface area contributed by atoms with E-state index < -0.39 is 12.1 Å². The van der Waals surface area contributed by atoms with Crippen molar-refractivity contribution in [2.75, 3.05) is 13.2 Å². The van der Waals surface area contributed by atoms with Gasteiger partial charge in [-0.15, -0.1) is 0 Å². The highest BCUT2D eigenvalue weighted by atomic mass is 16.4. The van der Waals surface area contributed by atoms with Gasteiger partial charge in [-0.3, -0.25) is 4.79 Å². The third-order valence-electron chi connectivity index (χ3n) is 4.15. The second-order valence-electron chi connectivity index (χ2n) is 6.93. The van der Waals surface area contributed by atoms with E-state index in [0.717, 1.165) is 51.4 Å². The lowest BCUT2D eigenvalue weighted by Crippen LogP contribution is -2.15. The lowest BCUT2D eigenvalue weighted by atomic mass is 10.1. The number of carboxylic acid groups (broad SMARTS) is 1. The largest absolute Gasteiger partial charge is 0.481 e. The maximum atomic E-state index is 10.3. The van der Waals surface area contributed by atoms with Crippen LogP contribution in [0.3, 0.4) is 0 Å². The molecule has 0 saturated heterocycles. The van der Waals surface area contributed by atoms with Crippen molar-refractivity contribution in [3.8, 4) is 0 Å². The van der Waals surface area contributed by atoms with Crippen molar-refractivity contribution in [2.24, 2.45) is 0 Å². The molecule has 1 atom stereocenters. The summed E-state index contributed by atoms with van der Waals surface area (Å²) in [5.74, 6) is -0.689. The SMILES string of the molecule is CCCCCCC(O)C/C=C\CCCCCCCC(=O)O.OCC(O)CO. The number of unbranched alkanes of at least 4 members (excludes halogenated alkanes) is 8. The molecule has 0 spiro atoms. The van der Waals surface area contributed by atoms with E-state index in [0.29, 0.717) is 6.42 Å². The van der Waals surface area contributed by atoms with Crippen LogP contribution in [0.5, 0.6) is 0 Å². The summed E-state index contributed by atoms with van der Waals surface area (Å²) in [5, 5.41) is 42.3. The van der Waals surface area contributed by atoms with Gasteiger partial charge in [0.25, 0.3) is 0 Å². The number of aliphatic hydroxyl groups excluding tert-OH is 4. The summed E-state index contributed by atoms with van der Waals surface area (Å²) < 4.78 is 0. The summed E-state index contributed by atoms with van der Waals surface area (Å²) in [4.78, 5) is 10.3. The fourth-order valence-electron chi connectivity index (χ4n) is 2.42. The zero-order valence-corrected chi connectivity index (χ0v) is 17.1. The Bertz CT molecular complexity index is 329. The van der Waals surface area contributed by atoms with Crippen molar-refractivity contribution >= 4 is 5.97 Å². The van der Waals surface area contributed by atoms with Crippen LogP contribution in [0.4, 0.5) is 0 Å². The van der Waals surface area contributed by atoms with E-state index in [-0.39, 0.29) is 19.3 Å². The second-order valence-corrected chi connectivity index (χ2v) is 6.93. The van der Waals surface area contributed by atoms with Gasteiger partial charge >= 0.3 is 5.97 Å². The maximum Gasteiger partial charge on any atom is 0.303 e. The van der Waals surface area contributed by atoms with Crippen LogP contribution < -0.4 is 0 Å². The first-order valence-corrected chi connectivity index (χ1v) is 10.4. The third kappa shape index (κ3) is 27.4. The quantitative estimate of drug-likeness (QED) is 0.192. The molecule has 0 bridgehead atoms. The maximum absolute atomic E-state index is 10.3. The summed E-state index contributed by atoms with van der Waals surface area (Å²) in [7, 11) is 0. The molecular formula is C21H42O6. The number of allylic oxidation sites excluding steroid dienone is 1. The molecule has 0 heterocycles. The Morgan fingerprint density at radius 1 is 0.815 bits per heavy atom. The minimum atomic E-state index is -0.954. The lowest BCUT2D eigenvalue weighted by Gasteiger charge is -2.07. The zero-order valence-electron chi connectivity index (χ0n) is 17.1. The molecular weight excluding hydrogens is 348 g/mol. The molecule has 0 fully saturated rings. The Morgan fingerprint density at radius 3 is 1.96 bits per heavy atom. The highest BCUT2D eigenvalue weighted by Crippen LogP contribution is 2.10. The first-order chi connectivity index (χ1) is 13.0. The van der Waals surface area contributed by atoms with E-state index in [1.165, 1.54) is 25.7 Å². The van der Waals surface area contributed by atoms with E-state index in [2.05, 4.69) is 19.1 Å². The van der Waals surface area contributed by atoms with Gasteiger partial charge in [-0.25, -0.2) is 0 Å². The normalized spacial score (nSPS) is 12.2. The van der Waals surface area contributed by atoms with E-state index in [1.807, 2.05) is 0 Å². The van der Waals surface area contributed by atoms with E-state index >= 15 is 0 Å². The van der Waals surface area contributed by atoms with Gasteiger partial charge in [-0.2, -0.15) is 0 Å². The summed E-state index contributed by atoms with van der Waals surface area (Å²) >= 11 is 0. The zero-order chi connectivity index (χ0) is 20.8. The summed E-state index contributed by atoms with van der Waals surface area (Å²) in [6.45, 7) is 1.47. The molecule has 0 aliphatic heterocycles. The summed E-state index contributed by atoms with van der Waals surface area (Å²) in [6.07, 6.45) is 16.4. The number of carboxylic acids is 1. The minimum absolute atomic E-state index is 0.172. The number of aliphatic carboxylic acids is 1. The van der Waals surface area contributed by atoms with E-state index in [4.69, 9.17) is 20.4 Å². The highest BCUT2D eigenvalue weighted by molar-refractivity contribution is 5.66. The molecule has 5 N–H and O–H groups in total. The average molecular weight is 391 g/mol. The Labute approximate surface area is 164 Å². The molecule has 162 valence electrons. The number of hydrogen-bond donors (Lipinski definition) is 5. The third-order valence-corrected chi connectivity index (χ3v) is 4.15. The number of aliphatic hydroxyl groups is 4. The van der Waals surface area contributed by atoms with Crippen LogP contribution in [-0.2, 0) is 4.79 Å². The fraction of sp³-hybridized carbons (Fsp3) is 0.857. The van der Waals surface area contributed by atoms with Crippen LogP contribution in [-0.4, -0.2) is 56.9 Å².